The molecule has 1 atom stereocenters. The Morgan fingerprint density at radius 3 is 2.14 bits per heavy atom. The van der Waals surface area contributed by atoms with Crippen LogP contribution in [-0.4, -0.2) is 19.5 Å². The largest absolute Gasteiger partial charge is 0.456 e. The molecule has 1 aliphatic carbocycles. The molecule has 1 unspecified atom stereocenters. The van der Waals surface area contributed by atoms with Crippen LogP contribution in [0, 0.1) is 0 Å². The van der Waals surface area contributed by atoms with Gasteiger partial charge in [0, 0.05) is 33.0 Å². The molecule has 1 aliphatic rings. The number of aromatic nitrogens is 4. The number of fused-ring (bicyclic) bond motifs is 6. The number of allylic oxidation sites excluding steroid dienone is 4. The third-order valence-electron chi connectivity index (χ3n) is 9.81. The quantitative estimate of drug-likeness (QED) is 0.187. The summed E-state index contributed by atoms with van der Waals surface area (Å²) in [7, 11) is 0. The maximum atomic E-state index is 6.24. The number of nitrogens with zero attached hydrogens (tertiary/aromatic N) is 4. The summed E-state index contributed by atoms with van der Waals surface area (Å²) in [6, 6.07) is 50.5. The fourth-order valence-corrected chi connectivity index (χ4v) is 7.46. The van der Waals surface area contributed by atoms with Gasteiger partial charge in [0.2, 0.25) is 5.95 Å². The van der Waals surface area contributed by atoms with Gasteiger partial charge in [0.1, 0.15) is 17.0 Å². The fourth-order valence-electron chi connectivity index (χ4n) is 7.46. The first-order valence-electron chi connectivity index (χ1n) is 17.0. The Kier molecular flexibility index (Phi) is 6.56. The van der Waals surface area contributed by atoms with Crippen LogP contribution in [0.15, 0.2) is 168 Å². The smallest absolute Gasteiger partial charge is 0.238 e. The Hall–Kier alpha value is -6.59. The highest BCUT2D eigenvalue weighted by atomic mass is 16.3. The Balaban J connectivity index is 1.13. The number of benzene rings is 6. The van der Waals surface area contributed by atoms with E-state index in [-0.39, 0.29) is 5.92 Å². The van der Waals surface area contributed by atoms with E-state index in [2.05, 4.69) is 138 Å². The lowest BCUT2D eigenvalue weighted by atomic mass is 9.87. The molecule has 0 radical (unpaired) electrons. The van der Waals surface area contributed by atoms with Crippen molar-refractivity contribution >= 4 is 49.3 Å². The van der Waals surface area contributed by atoms with E-state index in [1.807, 2.05) is 30.3 Å². The average Bonchev–Trinajstić information content (AvgIpc) is 3.74. The molecule has 9 aromatic rings. The molecule has 0 fully saturated rings. The molecule has 0 saturated carbocycles. The van der Waals surface area contributed by atoms with Crippen LogP contribution in [0.2, 0.25) is 0 Å². The van der Waals surface area contributed by atoms with E-state index in [0.29, 0.717) is 11.8 Å². The number of rotatable bonds is 5. The van der Waals surface area contributed by atoms with Crippen molar-refractivity contribution in [2.75, 3.05) is 0 Å². The van der Waals surface area contributed by atoms with Crippen LogP contribution >= 0.6 is 0 Å². The third kappa shape index (κ3) is 4.66. The predicted octanol–water partition coefficient (Wildman–Crippen LogP) is 11.3. The second-order valence-corrected chi connectivity index (χ2v) is 12.8. The van der Waals surface area contributed by atoms with Crippen LogP contribution in [-0.2, 0) is 0 Å². The lowest BCUT2D eigenvalue weighted by Gasteiger charge is -2.20. The fraction of sp³-hybridized carbons (Fsp3) is 0.0444. The molecule has 0 spiro atoms. The van der Waals surface area contributed by atoms with E-state index in [1.54, 1.807) is 0 Å². The van der Waals surface area contributed by atoms with E-state index < -0.39 is 0 Å². The van der Waals surface area contributed by atoms with Crippen LogP contribution in [0.4, 0.5) is 0 Å². The van der Waals surface area contributed by atoms with E-state index >= 15 is 0 Å². The summed E-state index contributed by atoms with van der Waals surface area (Å²) in [5.41, 5.74) is 9.62. The van der Waals surface area contributed by atoms with Gasteiger partial charge in [0.05, 0.1) is 11.0 Å². The van der Waals surface area contributed by atoms with E-state index in [0.717, 1.165) is 61.6 Å². The molecule has 0 aliphatic heterocycles. The first kappa shape index (κ1) is 28.4. The molecule has 0 saturated heterocycles. The molecule has 5 nitrogen and oxygen atoms in total. The molecule has 3 heterocycles. The molecular formula is C45H30N4O. The van der Waals surface area contributed by atoms with Crippen molar-refractivity contribution in [2.45, 2.75) is 12.3 Å². The van der Waals surface area contributed by atoms with Gasteiger partial charge in [-0.3, -0.25) is 4.57 Å². The summed E-state index contributed by atoms with van der Waals surface area (Å²) in [6.07, 6.45) is 7.32. The van der Waals surface area contributed by atoms with Crippen molar-refractivity contribution in [1.29, 1.82) is 0 Å². The van der Waals surface area contributed by atoms with Crippen molar-refractivity contribution < 1.29 is 4.42 Å². The Labute approximate surface area is 288 Å². The second-order valence-electron chi connectivity index (χ2n) is 12.8. The number of hydrogen-bond donors (Lipinski definition) is 0. The number of para-hydroxylation sites is 2. The van der Waals surface area contributed by atoms with Crippen LogP contribution in [0.1, 0.15) is 23.7 Å². The van der Waals surface area contributed by atoms with Crippen molar-refractivity contribution in [3.05, 3.63) is 175 Å². The average molecular weight is 643 g/mol. The molecule has 5 heteroatoms. The zero-order valence-electron chi connectivity index (χ0n) is 27.1. The molecule has 50 heavy (non-hydrogen) atoms. The van der Waals surface area contributed by atoms with Crippen molar-refractivity contribution in [2.24, 2.45) is 0 Å². The predicted molar refractivity (Wildman–Crippen MR) is 203 cm³/mol. The van der Waals surface area contributed by atoms with Gasteiger partial charge in [0.15, 0.2) is 5.82 Å². The molecule has 0 amide bonds. The van der Waals surface area contributed by atoms with Gasteiger partial charge in [-0.05, 0) is 59.0 Å². The molecule has 0 N–H and O–H groups in total. The zero-order valence-corrected chi connectivity index (χ0v) is 27.1. The van der Waals surface area contributed by atoms with Crippen molar-refractivity contribution in [3.63, 3.8) is 0 Å². The summed E-state index contributed by atoms with van der Waals surface area (Å²) >= 11 is 0. The third-order valence-corrected chi connectivity index (χ3v) is 9.81. The van der Waals surface area contributed by atoms with Gasteiger partial charge in [-0.1, -0.05) is 133 Å². The molecule has 10 rings (SSSR count). The minimum Gasteiger partial charge on any atom is -0.456 e. The lowest BCUT2D eigenvalue weighted by Crippen LogP contribution is -2.12. The van der Waals surface area contributed by atoms with E-state index in [9.17, 15) is 0 Å². The van der Waals surface area contributed by atoms with Gasteiger partial charge < -0.3 is 4.42 Å². The molecule has 6 aromatic carbocycles. The summed E-state index contributed by atoms with van der Waals surface area (Å²) < 4.78 is 8.43. The highest BCUT2D eigenvalue weighted by molar-refractivity contribution is 6.11. The topological polar surface area (TPSA) is 56.7 Å². The highest BCUT2D eigenvalue weighted by Crippen LogP contribution is 2.40. The van der Waals surface area contributed by atoms with Gasteiger partial charge in [-0.25, -0.2) is 4.98 Å². The van der Waals surface area contributed by atoms with Gasteiger partial charge in [-0.2, -0.15) is 9.97 Å². The number of furan rings is 1. The minimum atomic E-state index is -0.0505. The van der Waals surface area contributed by atoms with Crippen LogP contribution in [0.25, 0.3) is 77.8 Å². The SMILES string of the molecule is C1=CC(c2nc(-c3ccccc3)nc(-n3c4ccccc4c4cc(-c5ccccc5)ccc43)n2)CC(c2cccc3oc4ccccc4c23)=C1. The molecule has 236 valence electrons. The standard InChI is InChI=1S/C45H30N4O/c1-3-13-29(14-4-1)31-25-26-39-37(28-31)35-19-7-9-22-38(35)49(39)45-47-43(30-15-5-2-6-16-30)46-44(48-45)33-18-11-17-32(27-33)34-21-12-24-41-42(34)36-20-8-10-23-40(36)50-41/h1-26,28,33H,27H2. The van der Waals surface area contributed by atoms with Gasteiger partial charge in [0.25, 0.3) is 0 Å². The second kappa shape index (κ2) is 11.5. The molecule has 3 aromatic heterocycles. The maximum absolute atomic E-state index is 6.24. The lowest BCUT2D eigenvalue weighted by molar-refractivity contribution is 0.669. The highest BCUT2D eigenvalue weighted by Gasteiger charge is 2.24. The van der Waals surface area contributed by atoms with E-state index in [1.165, 1.54) is 22.3 Å². The zero-order chi connectivity index (χ0) is 33.0. The summed E-state index contributed by atoms with van der Waals surface area (Å²) in [4.78, 5) is 15.6. The van der Waals surface area contributed by atoms with Crippen molar-refractivity contribution in [1.82, 2.24) is 19.5 Å². The Bertz CT molecular complexity index is 2790. The Morgan fingerprint density at radius 2 is 1.28 bits per heavy atom. The van der Waals surface area contributed by atoms with Gasteiger partial charge in [-0.15, -0.1) is 0 Å². The Morgan fingerprint density at radius 1 is 0.560 bits per heavy atom. The summed E-state index contributed by atoms with van der Waals surface area (Å²) in [6.45, 7) is 0. The van der Waals surface area contributed by atoms with Crippen LogP contribution < -0.4 is 0 Å². The minimum absolute atomic E-state index is 0.0505. The number of hydrogen-bond acceptors (Lipinski definition) is 4. The van der Waals surface area contributed by atoms with Crippen molar-refractivity contribution in [3.8, 4) is 28.5 Å². The normalized spacial score (nSPS) is 14.6. The van der Waals surface area contributed by atoms with Crippen LogP contribution in [0.5, 0.6) is 0 Å². The molecule has 0 bridgehead atoms. The summed E-state index contributed by atoms with van der Waals surface area (Å²) in [5.74, 6) is 1.96. The van der Waals surface area contributed by atoms with E-state index in [4.69, 9.17) is 19.4 Å². The monoisotopic (exact) mass is 642 g/mol. The van der Waals surface area contributed by atoms with Gasteiger partial charge >= 0.3 is 0 Å². The first-order valence-corrected chi connectivity index (χ1v) is 17.0. The van der Waals surface area contributed by atoms with Crippen LogP contribution in [0.3, 0.4) is 0 Å². The first-order chi connectivity index (χ1) is 24.8. The summed E-state index contributed by atoms with van der Waals surface area (Å²) in [5, 5.41) is 4.59. The maximum Gasteiger partial charge on any atom is 0.238 e. The molecular weight excluding hydrogens is 613 g/mol.